The molecule has 1 aromatic carbocycles. The van der Waals surface area contributed by atoms with E-state index in [0.29, 0.717) is 5.56 Å². The Morgan fingerprint density at radius 3 is 2.19 bits per heavy atom. The van der Waals surface area contributed by atoms with Crippen molar-refractivity contribution in [1.29, 1.82) is 0 Å². The molecule has 21 heavy (non-hydrogen) atoms. The van der Waals surface area contributed by atoms with Gasteiger partial charge in [0.15, 0.2) is 14.7 Å². The minimum atomic E-state index is -3.31. The number of carbonyl (C=O) groups is 1. The van der Waals surface area contributed by atoms with Gasteiger partial charge < -0.3 is 10.4 Å². The molecule has 1 rings (SSSR count). The molecule has 0 spiro atoms. The third-order valence-corrected chi connectivity index (χ3v) is 4.58. The van der Waals surface area contributed by atoms with Crippen molar-refractivity contribution in [3.8, 4) is 0 Å². The zero-order chi connectivity index (χ0) is 16.2. The van der Waals surface area contributed by atoms with Gasteiger partial charge in [0, 0.05) is 12.1 Å². The van der Waals surface area contributed by atoms with E-state index in [4.69, 9.17) is 34.8 Å². The molecular formula is C12H14Cl3NO4S. The summed E-state index contributed by atoms with van der Waals surface area (Å²) in [5.41, 5.74) is 0.411. The molecule has 0 aromatic heterocycles. The van der Waals surface area contributed by atoms with Crippen LogP contribution in [0.3, 0.4) is 0 Å². The minimum absolute atomic E-state index is 0.0682. The van der Waals surface area contributed by atoms with Crippen LogP contribution < -0.4 is 5.32 Å². The second-order valence-electron chi connectivity index (χ2n) is 4.36. The summed E-state index contributed by atoms with van der Waals surface area (Å²) in [5.74, 6) is -0.739. The van der Waals surface area contributed by atoms with Crippen LogP contribution in [-0.2, 0) is 14.6 Å². The maximum atomic E-state index is 11.4. The summed E-state index contributed by atoms with van der Waals surface area (Å²) in [6, 6.07) is 4.83. The van der Waals surface area contributed by atoms with Gasteiger partial charge in [-0.3, -0.25) is 4.79 Å². The van der Waals surface area contributed by atoms with Crippen molar-refractivity contribution in [2.24, 2.45) is 0 Å². The number of hydrogen-bond acceptors (Lipinski definition) is 4. The van der Waals surface area contributed by atoms with Crippen molar-refractivity contribution in [2.75, 3.05) is 12.1 Å². The van der Waals surface area contributed by atoms with Crippen molar-refractivity contribution < 1.29 is 18.3 Å². The summed E-state index contributed by atoms with van der Waals surface area (Å²) in [6.45, 7) is 0. The predicted octanol–water partition coefficient (Wildman–Crippen LogP) is 1.65. The number of amides is 1. The predicted molar refractivity (Wildman–Crippen MR) is 82.7 cm³/mol. The summed E-state index contributed by atoms with van der Waals surface area (Å²) in [4.78, 5) is 10.3. The molecule has 0 unspecified atom stereocenters. The molecule has 0 bridgehead atoms. The van der Waals surface area contributed by atoms with E-state index < -0.39 is 32.7 Å². The number of nitrogens with one attached hydrogen (secondary N) is 1. The summed E-state index contributed by atoms with van der Waals surface area (Å²) in [6.07, 6.45) is -0.0338. The van der Waals surface area contributed by atoms with Gasteiger partial charge in [0.25, 0.3) is 5.91 Å². The highest BCUT2D eigenvalue weighted by Gasteiger charge is 2.24. The summed E-state index contributed by atoms with van der Waals surface area (Å²) in [5, 5.41) is 12.6. The molecular weight excluding hydrogens is 361 g/mol. The number of alkyl halides is 3. The van der Waals surface area contributed by atoms with Gasteiger partial charge in [-0.25, -0.2) is 8.42 Å². The second kappa shape index (κ2) is 7.65. The summed E-state index contributed by atoms with van der Waals surface area (Å²) >= 11 is 16.5. The highest BCUT2D eigenvalue weighted by Crippen LogP contribution is 2.20. The lowest BCUT2D eigenvalue weighted by atomic mass is 10.0. The highest BCUT2D eigenvalue weighted by molar-refractivity contribution is 7.90. The van der Waals surface area contributed by atoms with E-state index in [-0.39, 0.29) is 10.8 Å². The number of aliphatic hydroxyl groups excluding tert-OH is 1. The van der Waals surface area contributed by atoms with E-state index in [1.165, 1.54) is 24.3 Å². The molecule has 9 heteroatoms. The van der Waals surface area contributed by atoms with Crippen LogP contribution in [0.5, 0.6) is 0 Å². The van der Waals surface area contributed by atoms with Crippen molar-refractivity contribution in [3.63, 3.8) is 0 Å². The molecule has 0 fully saturated rings. The molecule has 2 N–H and O–H groups in total. The lowest BCUT2D eigenvalue weighted by Gasteiger charge is -2.22. The van der Waals surface area contributed by atoms with Crippen molar-refractivity contribution in [1.82, 2.24) is 5.32 Å². The third kappa shape index (κ3) is 5.30. The minimum Gasteiger partial charge on any atom is -0.386 e. The Morgan fingerprint density at radius 2 is 1.81 bits per heavy atom. The molecule has 0 saturated heterocycles. The monoisotopic (exact) mass is 373 g/mol. The Bertz CT molecular complexity index is 589. The second-order valence-corrected chi connectivity index (χ2v) is 7.78. The lowest BCUT2D eigenvalue weighted by molar-refractivity contribution is -0.120. The first-order valence-corrected chi connectivity index (χ1v) is 9.09. The fraction of sp³-hybridized carbons (Fsp3) is 0.417. The van der Waals surface area contributed by atoms with Crippen LogP contribution in [0, 0.1) is 0 Å². The van der Waals surface area contributed by atoms with E-state index >= 15 is 0 Å². The number of aliphatic hydroxyl groups is 1. The Morgan fingerprint density at radius 1 is 1.29 bits per heavy atom. The summed E-state index contributed by atoms with van der Waals surface area (Å²) < 4.78 is 22.7. The van der Waals surface area contributed by atoms with E-state index in [1.54, 1.807) is 0 Å². The molecule has 1 amide bonds. The molecule has 0 aliphatic rings. The highest BCUT2D eigenvalue weighted by atomic mass is 35.5. The van der Waals surface area contributed by atoms with E-state index in [9.17, 15) is 18.3 Å². The number of benzene rings is 1. The average Bonchev–Trinajstić information content (AvgIpc) is 2.42. The Labute approximate surface area is 138 Å². The standard InChI is InChI=1S/C12H14Cl3NO4S/c1-21(19,20)8-4-2-7(3-5-8)10(17)9(6-13)16-12(18)11(14)15/h2-5,9-11,17H,6H2,1H3,(H,16,18)/t9-,10-/m0/s1. The van der Waals surface area contributed by atoms with Crippen LogP contribution >= 0.6 is 34.8 Å². The first-order valence-electron chi connectivity index (χ1n) is 5.79. The van der Waals surface area contributed by atoms with Gasteiger partial charge in [-0.15, -0.1) is 11.6 Å². The van der Waals surface area contributed by atoms with Crippen LogP contribution in [0.2, 0.25) is 0 Å². The van der Waals surface area contributed by atoms with Gasteiger partial charge in [-0.1, -0.05) is 35.3 Å². The maximum absolute atomic E-state index is 11.4. The zero-order valence-electron chi connectivity index (χ0n) is 11.0. The molecule has 0 aliphatic carbocycles. The Kier molecular flexibility index (Phi) is 6.74. The number of rotatable bonds is 6. The lowest BCUT2D eigenvalue weighted by Crippen LogP contribution is -2.43. The molecule has 2 atom stereocenters. The van der Waals surface area contributed by atoms with Crippen LogP contribution in [-0.4, -0.2) is 42.4 Å². The van der Waals surface area contributed by atoms with Crippen molar-refractivity contribution in [3.05, 3.63) is 29.8 Å². The van der Waals surface area contributed by atoms with E-state index in [0.717, 1.165) is 6.26 Å². The molecule has 0 saturated carbocycles. The topological polar surface area (TPSA) is 83.5 Å². The molecule has 5 nitrogen and oxygen atoms in total. The van der Waals surface area contributed by atoms with Crippen molar-refractivity contribution >= 4 is 50.5 Å². The normalized spacial score (nSPS) is 14.8. The van der Waals surface area contributed by atoms with Crippen LogP contribution in [0.4, 0.5) is 0 Å². The van der Waals surface area contributed by atoms with Crippen LogP contribution in [0.15, 0.2) is 29.2 Å². The van der Waals surface area contributed by atoms with Crippen LogP contribution in [0.25, 0.3) is 0 Å². The first-order chi connectivity index (χ1) is 9.66. The average molecular weight is 375 g/mol. The van der Waals surface area contributed by atoms with E-state index in [2.05, 4.69) is 5.32 Å². The molecule has 118 valence electrons. The van der Waals surface area contributed by atoms with Crippen LogP contribution in [0.1, 0.15) is 11.7 Å². The van der Waals surface area contributed by atoms with Gasteiger partial charge in [0.1, 0.15) is 6.10 Å². The molecule has 0 aliphatic heterocycles. The smallest absolute Gasteiger partial charge is 0.253 e. The van der Waals surface area contributed by atoms with Gasteiger partial charge in [0.2, 0.25) is 0 Å². The molecule has 0 heterocycles. The number of halogens is 3. The van der Waals surface area contributed by atoms with Gasteiger partial charge >= 0.3 is 0 Å². The van der Waals surface area contributed by atoms with Crippen molar-refractivity contribution in [2.45, 2.75) is 21.9 Å². The summed E-state index contributed by atoms with van der Waals surface area (Å²) in [7, 11) is -3.31. The third-order valence-electron chi connectivity index (χ3n) is 2.72. The van der Waals surface area contributed by atoms with Gasteiger partial charge in [0.05, 0.1) is 10.9 Å². The SMILES string of the molecule is CS(=O)(=O)c1ccc([C@H](O)[C@H](CCl)NC(=O)C(Cl)Cl)cc1. The van der Waals surface area contributed by atoms with E-state index in [1.807, 2.05) is 0 Å². The fourth-order valence-electron chi connectivity index (χ4n) is 1.59. The number of carbonyl (C=O) groups excluding carboxylic acids is 1. The quantitative estimate of drug-likeness (QED) is 0.742. The molecule has 0 radical (unpaired) electrons. The maximum Gasteiger partial charge on any atom is 0.253 e. The number of sulfone groups is 1. The van der Waals surface area contributed by atoms with Gasteiger partial charge in [-0.05, 0) is 17.7 Å². The first kappa shape index (κ1) is 18.5. The molecule has 1 aromatic rings. The largest absolute Gasteiger partial charge is 0.386 e. The Balaban J connectivity index is 2.90. The number of hydrogen-bond donors (Lipinski definition) is 2. The fourth-order valence-corrected chi connectivity index (χ4v) is 2.59. The zero-order valence-corrected chi connectivity index (χ0v) is 14.0. The Hall–Kier alpha value is -0.530. The van der Waals surface area contributed by atoms with Gasteiger partial charge in [-0.2, -0.15) is 0 Å².